The van der Waals surface area contributed by atoms with Gasteiger partial charge in [-0.15, -0.1) is 0 Å². The van der Waals surface area contributed by atoms with Crippen molar-refractivity contribution in [2.24, 2.45) is 11.3 Å². The van der Waals surface area contributed by atoms with Crippen LogP contribution in [0, 0.1) is 11.3 Å². The highest BCUT2D eigenvalue weighted by Gasteiger charge is 2.16. The minimum atomic E-state index is 0.518. The monoisotopic (exact) mass is 212 g/mol. The first-order chi connectivity index (χ1) is 6.99. The quantitative estimate of drug-likeness (QED) is 0.445. The minimum Gasteiger partial charge on any atom is -0.0654 e. The normalized spacial score (nSPS) is 14.2. The van der Waals surface area contributed by atoms with E-state index in [0.717, 1.165) is 5.92 Å². The molecule has 0 amide bonds. The van der Waals surface area contributed by atoms with Gasteiger partial charge in [0.05, 0.1) is 0 Å². The first-order valence-electron chi connectivity index (χ1n) is 6.99. The van der Waals surface area contributed by atoms with Crippen molar-refractivity contribution >= 4 is 0 Å². The highest BCUT2D eigenvalue weighted by molar-refractivity contribution is 4.68. The maximum Gasteiger partial charge on any atom is -0.0380 e. The topological polar surface area (TPSA) is 0 Å². The van der Waals surface area contributed by atoms with Crippen LogP contribution in [0.5, 0.6) is 0 Å². The predicted molar refractivity (Wildman–Crippen MR) is 71.2 cm³/mol. The molecule has 0 rings (SSSR count). The summed E-state index contributed by atoms with van der Waals surface area (Å²) in [5.74, 6) is 0.964. The van der Waals surface area contributed by atoms with Gasteiger partial charge < -0.3 is 0 Å². The van der Waals surface area contributed by atoms with Crippen molar-refractivity contribution in [3.8, 4) is 0 Å². The van der Waals surface area contributed by atoms with E-state index in [9.17, 15) is 0 Å². The molecule has 0 aromatic heterocycles. The van der Waals surface area contributed by atoms with Crippen molar-refractivity contribution in [2.75, 3.05) is 0 Å². The molecular formula is C15H32. The van der Waals surface area contributed by atoms with Crippen LogP contribution >= 0.6 is 0 Å². The second-order valence-corrected chi connectivity index (χ2v) is 6.24. The fourth-order valence-electron chi connectivity index (χ4n) is 2.35. The Bertz CT molecular complexity index is 129. The molecule has 0 heteroatoms. The van der Waals surface area contributed by atoms with Crippen LogP contribution in [0.25, 0.3) is 0 Å². The lowest BCUT2D eigenvalue weighted by atomic mass is 9.81. The Hall–Kier alpha value is 0. The third-order valence-electron chi connectivity index (χ3n) is 3.19. The molecule has 0 saturated heterocycles. The summed E-state index contributed by atoms with van der Waals surface area (Å²) in [7, 11) is 0. The van der Waals surface area contributed by atoms with E-state index in [1.54, 1.807) is 0 Å². The molecular weight excluding hydrogens is 180 g/mol. The Labute approximate surface area is 97.8 Å². The molecule has 0 saturated carbocycles. The average molecular weight is 212 g/mol. The van der Waals surface area contributed by atoms with Crippen molar-refractivity contribution in [2.45, 2.75) is 86.0 Å². The van der Waals surface area contributed by atoms with Gasteiger partial charge >= 0.3 is 0 Å². The van der Waals surface area contributed by atoms with Crippen LogP contribution in [0.15, 0.2) is 0 Å². The van der Waals surface area contributed by atoms with Crippen LogP contribution in [-0.4, -0.2) is 0 Å². The third-order valence-corrected chi connectivity index (χ3v) is 3.19. The Morgan fingerprint density at radius 1 is 0.867 bits per heavy atom. The molecule has 15 heavy (non-hydrogen) atoms. The molecule has 0 aliphatic rings. The minimum absolute atomic E-state index is 0.518. The second-order valence-electron chi connectivity index (χ2n) is 6.24. The van der Waals surface area contributed by atoms with Gasteiger partial charge in [0.15, 0.2) is 0 Å². The van der Waals surface area contributed by atoms with Gasteiger partial charge in [0.25, 0.3) is 0 Å². The van der Waals surface area contributed by atoms with Crippen molar-refractivity contribution in [3.63, 3.8) is 0 Å². The van der Waals surface area contributed by atoms with Gasteiger partial charge in [0.2, 0.25) is 0 Å². The van der Waals surface area contributed by atoms with Gasteiger partial charge in [-0.3, -0.25) is 0 Å². The maximum atomic E-state index is 2.37. The second kappa shape index (κ2) is 8.19. The van der Waals surface area contributed by atoms with Crippen molar-refractivity contribution in [3.05, 3.63) is 0 Å². The maximum absolute atomic E-state index is 2.37. The molecule has 0 heterocycles. The van der Waals surface area contributed by atoms with Crippen LogP contribution < -0.4 is 0 Å². The lowest BCUT2D eigenvalue weighted by Gasteiger charge is -2.25. The fraction of sp³-hybridized carbons (Fsp3) is 1.00. The van der Waals surface area contributed by atoms with Gasteiger partial charge in [-0.05, 0) is 17.8 Å². The van der Waals surface area contributed by atoms with Crippen molar-refractivity contribution < 1.29 is 0 Å². The van der Waals surface area contributed by atoms with Gasteiger partial charge in [0.1, 0.15) is 0 Å². The zero-order valence-corrected chi connectivity index (χ0v) is 11.7. The molecule has 0 radical (unpaired) electrons. The zero-order chi connectivity index (χ0) is 11.7. The first-order valence-corrected chi connectivity index (χ1v) is 6.99. The van der Waals surface area contributed by atoms with E-state index in [1.807, 2.05) is 0 Å². The third kappa shape index (κ3) is 10.3. The molecule has 1 atom stereocenters. The molecule has 0 spiro atoms. The van der Waals surface area contributed by atoms with E-state index in [0.29, 0.717) is 5.41 Å². The van der Waals surface area contributed by atoms with Gasteiger partial charge in [-0.2, -0.15) is 0 Å². The molecule has 0 aliphatic heterocycles. The van der Waals surface area contributed by atoms with Crippen LogP contribution in [0.1, 0.15) is 86.0 Å². The van der Waals surface area contributed by atoms with Crippen molar-refractivity contribution in [1.82, 2.24) is 0 Å². The van der Waals surface area contributed by atoms with Crippen LogP contribution in [-0.2, 0) is 0 Å². The van der Waals surface area contributed by atoms with E-state index >= 15 is 0 Å². The van der Waals surface area contributed by atoms with Gasteiger partial charge in [0, 0.05) is 0 Å². The lowest BCUT2D eigenvalue weighted by Crippen LogP contribution is -2.12. The van der Waals surface area contributed by atoms with E-state index in [1.165, 1.54) is 51.4 Å². The Balaban J connectivity index is 3.53. The molecule has 0 aromatic rings. The molecule has 0 nitrogen and oxygen atoms in total. The van der Waals surface area contributed by atoms with E-state index < -0.39 is 0 Å². The Morgan fingerprint density at radius 2 is 1.47 bits per heavy atom. The summed E-state index contributed by atoms with van der Waals surface area (Å²) in [5, 5.41) is 0. The van der Waals surface area contributed by atoms with Crippen molar-refractivity contribution in [1.29, 1.82) is 0 Å². The zero-order valence-electron chi connectivity index (χ0n) is 11.7. The SMILES string of the molecule is CCCCCCCC(CC)CC(C)(C)C. The fourth-order valence-corrected chi connectivity index (χ4v) is 2.35. The average Bonchev–Trinajstić information content (AvgIpc) is 2.14. The van der Waals surface area contributed by atoms with Crippen LogP contribution in [0.2, 0.25) is 0 Å². The Morgan fingerprint density at radius 3 is 1.93 bits per heavy atom. The highest BCUT2D eigenvalue weighted by Crippen LogP contribution is 2.29. The summed E-state index contributed by atoms with van der Waals surface area (Å²) >= 11 is 0. The largest absolute Gasteiger partial charge is 0.0654 e. The number of unbranched alkanes of at least 4 members (excludes halogenated alkanes) is 4. The number of hydrogen-bond donors (Lipinski definition) is 0. The molecule has 0 bridgehead atoms. The number of hydrogen-bond acceptors (Lipinski definition) is 0. The van der Waals surface area contributed by atoms with Gasteiger partial charge in [-0.25, -0.2) is 0 Å². The Kier molecular flexibility index (Phi) is 8.19. The summed E-state index contributed by atoms with van der Waals surface area (Å²) in [4.78, 5) is 0. The standard InChI is InChI=1S/C15H32/c1-6-8-9-10-11-12-14(7-2)13-15(3,4)5/h14H,6-13H2,1-5H3. The molecule has 0 N–H and O–H groups in total. The van der Waals surface area contributed by atoms with Crippen LogP contribution in [0.4, 0.5) is 0 Å². The van der Waals surface area contributed by atoms with E-state index in [2.05, 4.69) is 34.6 Å². The highest BCUT2D eigenvalue weighted by atomic mass is 14.2. The summed E-state index contributed by atoms with van der Waals surface area (Å²) in [5.41, 5.74) is 0.518. The molecule has 0 fully saturated rings. The van der Waals surface area contributed by atoms with E-state index in [4.69, 9.17) is 0 Å². The first kappa shape index (κ1) is 15.0. The summed E-state index contributed by atoms with van der Waals surface area (Å²) in [6.45, 7) is 11.7. The molecule has 92 valence electrons. The van der Waals surface area contributed by atoms with Gasteiger partial charge in [-0.1, -0.05) is 79.6 Å². The lowest BCUT2D eigenvalue weighted by molar-refractivity contribution is 0.271. The molecule has 0 aromatic carbocycles. The summed E-state index contributed by atoms with van der Waals surface area (Å²) in [6, 6.07) is 0. The molecule has 1 unspecified atom stereocenters. The predicted octanol–water partition coefficient (Wildman–Crippen LogP) is 5.81. The van der Waals surface area contributed by atoms with E-state index in [-0.39, 0.29) is 0 Å². The molecule has 0 aliphatic carbocycles. The number of rotatable bonds is 8. The summed E-state index contributed by atoms with van der Waals surface area (Å²) < 4.78 is 0. The van der Waals surface area contributed by atoms with Crippen LogP contribution in [0.3, 0.4) is 0 Å². The smallest absolute Gasteiger partial charge is 0.0380 e. The summed E-state index contributed by atoms with van der Waals surface area (Å²) in [6.07, 6.45) is 11.4.